The van der Waals surface area contributed by atoms with Gasteiger partial charge in [-0.15, -0.1) is 11.8 Å². The summed E-state index contributed by atoms with van der Waals surface area (Å²) in [5, 5.41) is 3.78. The fourth-order valence-corrected chi connectivity index (χ4v) is 4.09. The van der Waals surface area contributed by atoms with Crippen molar-refractivity contribution in [1.29, 1.82) is 0 Å². The molecule has 1 saturated heterocycles. The molecule has 14 heavy (non-hydrogen) atoms. The quantitative estimate of drug-likeness (QED) is 0.662. The van der Waals surface area contributed by atoms with E-state index in [9.17, 15) is 0 Å². The van der Waals surface area contributed by atoms with Gasteiger partial charge in [-0.05, 0) is 49.8 Å². The first kappa shape index (κ1) is 10.8. The van der Waals surface area contributed by atoms with Gasteiger partial charge in [-0.25, -0.2) is 0 Å². The van der Waals surface area contributed by atoms with Crippen molar-refractivity contribution in [2.24, 2.45) is 5.41 Å². The van der Waals surface area contributed by atoms with Gasteiger partial charge in [0.25, 0.3) is 0 Å². The Balaban J connectivity index is 1.99. The molecule has 1 atom stereocenters. The first-order valence-electron chi connectivity index (χ1n) is 6.01. The molecule has 82 valence electrons. The topological polar surface area (TPSA) is 12.0 Å². The molecule has 1 aliphatic carbocycles. The highest BCUT2D eigenvalue weighted by atomic mass is 32.2. The van der Waals surface area contributed by atoms with Gasteiger partial charge >= 0.3 is 0 Å². The minimum atomic E-state index is 0.464. The summed E-state index contributed by atoms with van der Waals surface area (Å²) in [6, 6.07) is 0. The molecule has 1 unspecified atom stereocenters. The number of hydrogen-bond donors (Lipinski definition) is 1. The molecule has 2 heteroatoms. The lowest BCUT2D eigenvalue weighted by Crippen LogP contribution is -2.45. The number of thioether (sulfide) groups is 1. The zero-order valence-electron chi connectivity index (χ0n) is 9.57. The first-order chi connectivity index (χ1) is 6.62. The van der Waals surface area contributed by atoms with Crippen molar-refractivity contribution in [3.63, 3.8) is 0 Å². The maximum Gasteiger partial charge on any atom is 0.0645 e. The summed E-state index contributed by atoms with van der Waals surface area (Å²) in [7, 11) is 0. The predicted octanol–water partition coefficient (Wildman–Crippen LogP) is 3.40. The van der Waals surface area contributed by atoms with E-state index in [1.807, 2.05) is 0 Å². The first-order valence-corrected chi connectivity index (χ1v) is 7.00. The van der Waals surface area contributed by atoms with E-state index in [4.69, 9.17) is 0 Å². The van der Waals surface area contributed by atoms with Crippen LogP contribution in [0.2, 0.25) is 0 Å². The summed E-state index contributed by atoms with van der Waals surface area (Å²) < 4.78 is 0. The van der Waals surface area contributed by atoms with Crippen molar-refractivity contribution in [2.75, 3.05) is 12.3 Å². The van der Waals surface area contributed by atoms with Crippen LogP contribution in [-0.2, 0) is 0 Å². The lowest BCUT2D eigenvalue weighted by atomic mass is 9.85. The Morgan fingerprint density at radius 2 is 1.86 bits per heavy atom. The van der Waals surface area contributed by atoms with Crippen LogP contribution in [0.15, 0.2) is 0 Å². The van der Waals surface area contributed by atoms with Crippen molar-refractivity contribution in [2.45, 2.75) is 57.2 Å². The van der Waals surface area contributed by atoms with E-state index in [0.717, 1.165) is 0 Å². The van der Waals surface area contributed by atoms with E-state index in [2.05, 4.69) is 30.9 Å². The van der Waals surface area contributed by atoms with Crippen molar-refractivity contribution >= 4 is 11.8 Å². The van der Waals surface area contributed by atoms with Crippen LogP contribution in [0.25, 0.3) is 0 Å². The second-order valence-electron chi connectivity index (χ2n) is 5.64. The minimum Gasteiger partial charge on any atom is -0.303 e. The molecule has 0 amide bonds. The maximum absolute atomic E-state index is 3.78. The van der Waals surface area contributed by atoms with Gasteiger partial charge in [-0.1, -0.05) is 20.3 Å². The van der Waals surface area contributed by atoms with Crippen LogP contribution in [0.5, 0.6) is 0 Å². The molecular weight excluding hydrogens is 190 g/mol. The van der Waals surface area contributed by atoms with E-state index in [-0.39, 0.29) is 0 Å². The highest BCUT2D eigenvalue weighted by Gasteiger charge is 2.36. The Morgan fingerprint density at radius 1 is 1.00 bits per heavy atom. The van der Waals surface area contributed by atoms with E-state index in [0.29, 0.717) is 10.3 Å². The zero-order chi connectivity index (χ0) is 10.1. The average Bonchev–Trinajstić information content (AvgIpc) is 2.29. The largest absolute Gasteiger partial charge is 0.303 e. The fraction of sp³-hybridized carbons (Fsp3) is 1.00. The normalized spacial score (nSPS) is 38.1. The van der Waals surface area contributed by atoms with Gasteiger partial charge in [0.15, 0.2) is 0 Å². The fourth-order valence-electron chi connectivity index (χ4n) is 2.67. The summed E-state index contributed by atoms with van der Waals surface area (Å²) in [6.07, 6.45) is 8.35. The molecule has 1 spiro atoms. The molecule has 0 aromatic rings. The van der Waals surface area contributed by atoms with Crippen LogP contribution in [0.3, 0.4) is 0 Å². The summed E-state index contributed by atoms with van der Waals surface area (Å²) in [6.45, 7) is 6.10. The Labute approximate surface area is 92.4 Å². The molecule has 1 heterocycles. The third-order valence-electron chi connectivity index (χ3n) is 3.79. The Morgan fingerprint density at radius 3 is 2.57 bits per heavy atom. The molecule has 1 aliphatic heterocycles. The number of nitrogens with one attached hydrogen (secondary N) is 1. The van der Waals surface area contributed by atoms with Crippen LogP contribution in [0.1, 0.15) is 52.4 Å². The summed E-state index contributed by atoms with van der Waals surface area (Å²) >= 11 is 2.19. The molecule has 0 aromatic carbocycles. The monoisotopic (exact) mass is 213 g/mol. The van der Waals surface area contributed by atoms with E-state index in [1.54, 1.807) is 0 Å². The molecule has 1 saturated carbocycles. The van der Waals surface area contributed by atoms with Gasteiger partial charge in [0.2, 0.25) is 0 Å². The minimum absolute atomic E-state index is 0.464. The highest BCUT2D eigenvalue weighted by molar-refractivity contribution is 8.00. The Bertz CT molecular complexity index is 194. The van der Waals surface area contributed by atoms with Crippen LogP contribution < -0.4 is 5.32 Å². The van der Waals surface area contributed by atoms with Gasteiger partial charge in [-0.3, -0.25) is 0 Å². The van der Waals surface area contributed by atoms with Gasteiger partial charge in [-0.2, -0.15) is 0 Å². The smallest absolute Gasteiger partial charge is 0.0645 e. The van der Waals surface area contributed by atoms with Crippen LogP contribution in [0.4, 0.5) is 0 Å². The van der Waals surface area contributed by atoms with Crippen LogP contribution >= 0.6 is 11.8 Å². The molecule has 2 rings (SSSR count). The second-order valence-corrected chi connectivity index (χ2v) is 7.12. The molecule has 1 N–H and O–H groups in total. The molecular formula is C12H23NS. The van der Waals surface area contributed by atoms with Crippen LogP contribution in [0, 0.1) is 5.41 Å². The van der Waals surface area contributed by atoms with Gasteiger partial charge < -0.3 is 5.32 Å². The maximum atomic E-state index is 3.78. The molecule has 1 nitrogen and oxygen atoms in total. The molecule has 2 aliphatic rings. The Kier molecular flexibility index (Phi) is 3.13. The number of hydrogen-bond acceptors (Lipinski definition) is 2. The lowest BCUT2D eigenvalue weighted by Gasteiger charge is -2.37. The third kappa shape index (κ3) is 2.46. The lowest BCUT2D eigenvalue weighted by molar-refractivity contribution is 0.305. The molecule has 2 fully saturated rings. The van der Waals surface area contributed by atoms with E-state index in [1.165, 1.54) is 50.8 Å². The predicted molar refractivity (Wildman–Crippen MR) is 64.7 cm³/mol. The van der Waals surface area contributed by atoms with Crippen molar-refractivity contribution in [3.8, 4) is 0 Å². The standard InChI is InChI=1S/C12H23NS/c1-11(2)5-3-6-12(8-7-11)13-9-4-10-14-12/h13H,3-10H2,1-2H3. The second kappa shape index (κ2) is 4.05. The SMILES string of the molecule is CC1(C)CCCC2(CC1)NCCCS2. The van der Waals surface area contributed by atoms with Crippen molar-refractivity contribution in [1.82, 2.24) is 5.32 Å². The average molecular weight is 213 g/mol. The third-order valence-corrected chi connectivity index (χ3v) is 5.38. The van der Waals surface area contributed by atoms with Gasteiger partial charge in [0.1, 0.15) is 0 Å². The summed E-state index contributed by atoms with van der Waals surface area (Å²) in [5.74, 6) is 1.37. The molecule has 0 bridgehead atoms. The van der Waals surface area contributed by atoms with Crippen molar-refractivity contribution < 1.29 is 0 Å². The highest BCUT2D eigenvalue weighted by Crippen LogP contribution is 2.44. The van der Waals surface area contributed by atoms with Crippen LogP contribution in [-0.4, -0.2) is 17.2 Å². The summed E-state index contributed by atoms with van der Waals surface area (Å²) in [4.78, 5) is 0.464. The summed E-state index contributed by atoms with van der Waals surface area (Å²) in [5.41, 5.74) is 0.586. The van der Waals surface area contributed by atoms with Crippen molar-refractivity contribution in [3.05, 3.63) is 0 Å². The number of rotatable bonds is 0. The van der Waals surface area contributed by atoms with Gasteiger partial charge in [0, 0.05) is 0 Å². The zero-order valence-corrected chi connectivity index (χ0v) is 10.4. The van der Waals surface area contributed by atoms with E-state index < -0.39 is 0 Å². The Hall–Kier alpha value is 0.310. The molecule has 0 aromatic heterocycles. The molecule has 0 radical (unpaired) electrons. The van der Waals surface area contributed by atoms with Gasteiger partial charge in [0.05, 0.1) is 4.87 Å². The van der Waals surface area contributed by atoms with E-state index >= 15 is 0 Å².